The second kappa shape index (κ2) is 6.15. The molecule has 0 aliphatic carbocycles. The average Bonchev–Trinajstić information content (AvgIpc) is 2.78. The summed E-state index contributed by atoms with van der Waals surface area (Å²) >= 11 is 0. The Balaban J connectivity index is 1.77. The van der Waals surface area contributed by atoms with E-state index in [1.165, 1.54) is 11.3 Å². The molecular formula is C20H24N2O2S. The molecule has 0 spiro atoms. The summed E-state index contributed by atoms with van der Waals surface area (Å²) in [4.78, 5) is 3.10. The molecule has 0 aromatic heterocycles. The van der Waals surface area contributed by atoms with Crippen molar-refractivity contribution in [3.63, 3.8) is 0 Å². The lowest BCUT2D eigenvalue weighted by Gasteiger charge is -2.24. The van der Waals surface area contributed by atoms with Crippen molar-refractivity contribution in [2.45, 2.75) is 41.5 Å². The Hall–Kier alpha value is -1.85. The average molecular weight is 356 g/mol. The van der Waals surface area contributed by atoms with Crippen LogP contribution in [0.2, 0.25) is 0 Å². The van der Waals surface area contributed by atoms with Crippen LogP contribution in [0.3, 0.4) is 0 Å². The molecule has 2 aromatic carbocycles. The predicted molar refractivity (Wildman–Crippen MR) is 100 cm³/mol. The van der Waals surface area contributed by atoms with E-state index >= 15 is 0 Å². The van der Waals surface area contributed by atoms with E-state index in [4.69, 9.17) is 0 Å². The molecule has 0 bridgehead atoms. The third-order valence-electron chi connectivity index (χ3n) is 5.63. The maximum absolute atomic E-state index is 13.0. The lowest BCUT2D eigenvalue weighted by atomic mass is 9.91. The van der Waals surface area contributed by atoms with Crippen LogP contribution in [0.15, 0.2) is 52.3 Å². The second-order valence-corrected chi connectivity index (χ2v) is 9.10. The van der Waals surface area contributed by atoms with Gasteiger partial charge in [0.05, 0.1) is 9.79 Å². The van der Waals surface area contributed by atoms with Crippen molar-refractivity contribution in [1.29, 1.82) is 0 Å². The van der Waals surface area contributed by atoms with Crippen LogP contribution in [0.4, 0.5) is 5.69 Å². The molecule has 5 heteroatoms. The summed E-state index contributed by atoms with van der Waals surface area (Å²) in [6, 6.07) is 13.2. The normalized spacial score (nSPS) is 23.0. The Labute approximate surface area is 149 Å². The fourth-order valence-electron chi connectivity index (χ4n) is 4.20. The number of sulfone groups is 1. The standard InChI is InChI=1S/C20H24N2O2S/c1-14-3-5-15(6-4-14)25(23,24)16-7-8-19-18(13-16)17-9-11-21-12-10-20(17)22(19)2/h3-8,13,17,20-21H,9-12H2,1-2H3/t17-,20+/m1/s1. The molecule has 2 atom stereocenters. The maximum Gasteiger partial charge on any atom is 0.206 e. The summed E-state index contributed by atoms with van der Waals surface area (Å²) in [7, 11) is -1.35. The van der Waals surface area contributed by atoms with E-state index in [0.717, 1.165) is 31.5 Å². The van der Waals surface area contributed by atoms with Gasteiger partial charge in [0.1, 0.15) is 0 Å². The molecule has 1 N–H and O–H groups in total. The number of fused-ring (bicyclic) bond motifs is 3. The fraction of sp³-hybridized carbons (Fsp3) is 0.400. The van der Waals surface area contributed by atoms with Gasteiger partial charge in [-0.2, -0.15) is 0 Å². The number of benzene rings is 2. The summed E-state index contributed by atoms with van der Waals surface area (Å²) in [5, 5.41) is 3.46. The van der Waals surface area contributed by atoms with E-state index in [1.807, 2.05) is 31.2 Å². The van der Waals surface area contributed by atoms with Gasteiger partial charge in [0, 0.05) is 24.7 Å². The SMILES string of the molecule is Cc1ccc(S(=O)(=O)c2ccc3c(c2)[C@H]2CCNCC[C@@H]2N3C)cc1. The zero-order valence-electron chi connectivity index (χ0n) is 14.7. The molecule has 2 aromatic rings. The Kier molecular flexibility index (Phi) is 4.08. The van der Waals surface area contributed by atoms with Gasteiger partial charge in [-0.1, -0.05) is 17.7 Å². The van der Waals surface area contributed by atoms with Crippen LogP contribution in [0.1, 0.15) is 29.9 Å². The molecule has 2 aliphatic heterocycles. The predicted octanol–water partition coefficient (Wildman–Crippen LogP) is 3.11. The molecule has 0 radical (unpaired) electrons. The Bertz CT molecular complexity index is 890. The van der Waals surface area contributed by atoms with E-state index in [2.05, 4.69) is 17.3 Å². The van der Waals surface area contributed by atoms with Gasteiger partial charge in [-0.15, -0.1) is 0 Å². The smallest absolute Gasteiger partial charge is 0.206 e. The van der Waals surface area contributed by atoms with Crippen LogP contribution < -0.4 is 10.2 Å². The molecule has 0 saturated carbocycles. The quantitative estimate of drug-likeness (QED) is 0.898. The molecule has 25 heavy (non-hydrogen) atoms. The van der Waals surface area contributed by atoms with Crippen LogP contribution in [0.25, 0.3) is 0 Å². The number of nitrogens with zero attached hydrogens (tertiary/aromatic N) is 1. The highest BCUT2D eigenvalue weighted by Gasteiger charge is 2.37. The van der Waals surface area contributed by atoms with Gasteiger partial charge in [-0.3, -0.25) is 0 Å². The summed E-state index contributed by atoms with van der Waals surface area (Å²) in [6.45, 7) is 3.97. The van der Waals surface area contributed by atoms with Gasteiger partial charge in [-0.25, -0.2) is 8.42 Å². The lowest BCUT2D eigenvalue weighted by Crippen LogP contribution is -2.30. The Morgan fingerprint density at radius 1 is 1.00 bits per heavy atom. The van der Waals surface area contributed by atoms with E-state index in [0.29, 0.717) is 21.8 Å². The first-order valence-corrected chi connectivity index (χ1v) is 10.4. The number of hydrogen-bond donors (Lipinski definition) is 1. The van der Waals surface area contributed by atoms with E-state index in [-0.39, 0.29) is 0 Å². The Morgan fingerprint density at radius 2 is 1.68 bits per heavy atom. The molecular weight excluding hydrogens is 332 g/mol. The van der Waals surface area contributed by atoms with Crippen molar-refractivity contribution < 1.29 is 8.42 Å². The maximum atomic E-state index is 13.0. The topological polar surface area (TPSA) is 49.4 Å². The van der Waals surface area contributed by atoms with Crippen LogP contribution in [-0.4, -0.2) is 34.6 Å². The number of hydrogen-bond acceptors (Lipinski definition) is 4. The largest absolute Gasteiger partial charge is 0.371 e. The zero-order chi connectivity index (χ0) is 17.6. The minimum absolute atomic E-state index is 0.364. The number of likely N-dealkylation sites (N-methyl/N-ethyl adjacent to an activating group) is 1. The molecule has 2 heterocycles. The molecule has 0 unspecified atom stereocenters. The number of nitrogens with one attached hydrogen (secondary N) is 1. The molecule has 1 saturated heterocycles. The van der Waals surface area contributed by atoms with Crippen molar-refractivity contribution in [1.82, 2.24) is 5.32 Å². The van der Waals surface area contributed by atoms with Crippen LogP contribution in [0.5, 0.6) is 0 Å². The molecule has 4 nitrogen and oxygen atoms in total. The zero-order valence-corrected chi connectivity index (χ0v) is 15.5. The number of anilines is 1. The van der Waals surface area contributed by atoms with E-state index in [1.54, 1.807) is 18.2 Å². The molecule has 1 fully saturated rings. The lowest BCUT2D eigenvalue weighted by molar-refractivity contribution is 0.531. The van der Waals surface area contributed by atoms with E-state index < -0.39 is 9.84 Å². The van der Waals surface area contributed by atoms with Gasteiger partial charge < -0.3 is 10.2 Å². The molecule has 4 rings (SSSR count). The molecule has 2 aliphatic rings. The van der Waals surface area contributed by atoms with Crippen LogP contribution in [-0.2, 0) is 9.84 Å². The van der Waals surface area contributed by atoms with E-state index in [9.17, 15) is 8.42 Å². The third-order valence-corrected chi connectivity index (χ3v) is 7.40. The van der Waals surface area contributed by atoms with Crippen molar-refractivity contribution >= 4 is 15.5 Å². The first-order valence-electron chi connectivity index (χ1n) is 8.88. The highest BCUT2D eigenvalue weighted by molar-refractivity contribution is 7.91. The summed E-state index contributed by atoms with van der Waals surface area (Å²) in [5.74, 6) is 0.406. The third kappa shape index (κ3) is 2.75. The molecule has 132 valence electrons. The summed E-state index contributed by atoms with van der Waals surface area (Å²) in [5.41, 5.74) is 3.42. The Morgan fingerprint density at radius 3 is 2.44 bits per heavy atom. The second-order valence-electron chi connectivity index (χ2n) is 7.15. The van der Waals surface area contributed by atoms with Crippen molar-refractivity contribution in [3.8, 4) is 0 Å². The number of aryl methyl sites for hydroxylation is 1. The van der Waals surface area contributed by atoms with Crippen molar-refractivity contribution in [3.05, 3.63) is 53.6 Å². The highest BCUT2D eigenvalue weighted by atomic mass is 32.2. The van der Waals surface area contributed by atoms with Crippen LogP contribution in [0, 0.1) is 6.92 Å². The monoisotopic (exact) mass is 356 g/mol. The van der Waals surface area contributed by atoms with Gasteiger partial charge in [-0.05, 0) is 68.8 Å². The van der Waals surface area contributed by atoms with Crippen LogP contribution >= 0.6 is 0 Å². The summed E-state index contributed by atoms with van der Waals surface area (Å²) in [6.07, 6.45) is 2.14. The van der Waals surface area contributed by atoms with Gasteiger partial charge >= 0.3 is 0 Å². The van der Waals surface area contributed by atoms with Crippen molar-refractivity contribution in [2.24, 2.45) is 0 Å². The first kappa shape index (κ1) is 16.6. The van der Waals surface area contributed by atoms with Crippen molar-refractivity contribution in [2.75, 3.05) is 25.0 Å². The minimum Gasteiger partial charge on any atom is -0.371 e. The van der Waals surface area contributed by atoms with Gasteiger partial charge in [0.15, 0.2) is 0 Å². The highest BCUT2D eigenvalue weighted by Crippen LogP contribution is 2.44. The molecule has 0 amide bonds. The van der Waals surface area contributed by atoms with Gasteiger partial charge in [0.2, 0.25) is 9.84 Å². The van der Waals surface area contributed by atoms with Gasteiger partial charge in [0.25, 0.3) is 0 Å². The number of rotatable bonds is 2. The fourth-order valence-corrected chi connectivity index (χ4v) is 5.50. The summed E-state index contributed by atoms with van der Waals surface area (Å²) < 4.78 is 26.1. The first-order chi connectivity index (χ1) is 12.0. The minimum atomic E-state index is -3.48.